The lowest BCUT2D eigenvalue weighted by Gasteiger charge is -2.41. The van der Waals surface area contributed by atoms with Gasteiger partial charge in [-0.2, -0.15) is 0 Å². The quantitative estimate of drug-likeness (QED) is 0.609. The van der Waals surface area contributed by atoms with Crippen LogP contribution in [0.15, 0.2) is 18.2 Å². The zero-order valence-electron chi connectivity index (χ0n) is 18.8. The van der Waals surface area contributed by atoms with E-state index in [0.717, 1.165) is 42.4 Å². The molecule has 1 unspecified atom stereocenters. The van der Waals surface area contributed by atoms with Gasteiger partial charge in [0.25, 0.3) is 0 Å². The van der Waals surface area contributed by atoms with Gasteiger partial charge < -0.3 is 18.9 Å². The molecular formula is C25H33NO4. The maximum absolute atomic E-state index is 6.21. The molecule has 2 aromatic rings. The molecule has 162 valence electrons. The Morgan fingerprint density at radius 1 is 0.800 bits per heavy atom. The maximum atomic E-state index is 6.21. The van der Waals surface area contributed by atoms with Crippen molar-refractivity contribution in [3.63, 3.8) is 0 Å². The monoisotopic (exact) mass is 411 g/mol. The third-order valence-corrected chi connectivity index (χ3v) is 6.01. The molecule has 0 aromatic heterocycles. The van der Waals surface area contributed by atoms with Crippen LogP contribution in [-0.2, 0) is 12.8 Å². The van der Waals surface area contributed by atoms with Crippen molar-refractivity contribution in [2.75, 3.05) is 40.0 Å². The lowest BCUT2D eigenvalue weighted by Crippen LogP contribution is -2.35. The molecule has 0 bridgehead atoms. The molecule has 0 saturated carbocycles. The zero-order chi connectivity index (χ0) is 21.3. The topological polar surface area (TPSA) is 40.2 Å². The van der Waals surface area contributed by atoms with Gasteiger partial charge in [-0.05, 0) is 88.0 Å². The molecule has 1 aliphatic carbocycles. The SMILES string of the molecule is CCOc1cc2c(cc1OCC)-c1c(OCC)c(OCC)cc3c1C(C2)N(C)CC3. The summed E-state index contributed by atoms with van der Waals surface area (Å²) in [7, 11) is 2.22. The summed E-state index contributed by atoms with van der Waals surface area (Å²) in [6, 6.07) is 6.84. The van der Waals surface area contributed by atoms with E-state index in [1.807, 2.05) is 27.7 Å². The predicted octanol–water partition coefficient (Wildman–Crippen LogP) is 5.03. The van der Waals surface area contributed by atoms with Crippen molar-refractivity contribution in [1.29, 1.82) is 0 Å². The molecule has 0 N–H and O–H groups in total. The average Bonchev–Trinajstić information content (AvgIpc) is 2.73. The third kappa shape index (κ3) is 3.49. The van der Waals surface area contributed by atoms with Crippen molar-refractivity contribution in [2.45, 2.75) is 46.6 Å². The van der Waals surface area contributed by atoms with Gasteiger partial charge in [0, 0.05) is 18.2 Å². The molecule has 5 nitrogen and oxygen atoms in total. The van der Waals surface area contributed by atoms with E-state index in [0.29, 0.717) is 32.5 Å². The van der Waals surface area contributed by atoms with E-state index >= 15 is 0 Å². The number of ether oxygens (including phenoxy) is 4. The van der Waals surface area contributed by atoms with Gasteiger partial charge in [-0.15, -0.1) is 0 Å². The van der Waals surface area contributed by atoms with Gasteiger partial charge in [-0.1, -0.05) is 0 Å². The van der Waals surface area contributed by atoms with Crippen LogP contribution in [0.4, 0.5) is 0 Å². The highest BCUT2D eigenvalue weighted by molar-refractivity contribution is 5.85. The molecular weight excluding hydrogens is 378 g/mol. The van der Waals surface area contributed by atoms with Gasteiger partial charge in [0.1, 0.15) is 0 Å². The Balaban J connectivity index is 2.00. The normalized spacial score (nSPS) is 17.2. The van der Waals surface area contributed by atoms with E-state index in [2.05, 4.69) is 30.1 Å². The Hall–Kier alpha value is -2.40. The lowest BCUT2D eigenvalue weighted by molar-refractivity contribution is 0.224. The molecule has 30 heavy (non-hydrogen) atoms. The first-order chi connectivity index (χ1) is 14.6. The Morgan fingerprint density at radius 2 is 1.40 bits per heavy atom. The lowest BCUT2D eigenvalue weighted by atomic mass is 9.76. The third-order valence-electron chi connectivity index (χ3n) is 6.01. The second kappa shape index (κ2) is 8.76. The fourth-order valence-electron chi connectivity index (χ4n) is 4.79. The molecule has 2 aliphatic rings. The molecule has 5 heteroatoms. The van der Waals surface area contributed by atoms with E-state index in [9.17, 15) is 0 Å². The molecule has 1 heterocycles. The van der Waals surface area contributed by atoms with Crippen molar-refractivity contribution in [2.24, 2.45) is 0 Å². The van der Waals surface area contributed by atoms with Crippen LogP contribution in [0.3, 0.4) is 0 Å². The minimum Gasteiger partial charge on any atom is -0.490 e. The van der Waals surface area contributed by atoms with Crippen molar-refractivity contribution in [3.05, 3.63) is 34.9 Å². The Kier molecular flexibility index (Phi) is 6.09. The summed E-state index contributed by atoms with van der Waals surface area (Å²) in [6.07, 6.45) is 1.98. The molecule has 0 saturated heterocycles. The highest BCUT2D eigenvalue weighted by Gasteiger charge is 2.37. The number of benzene rings is 2. The standard InChI is InChI=1S/C25H33NO4/c1-6-27-20-14-17-12-19-23-16(10-11-26(19)5)13-22(29-8-3)25(30-9-4)24(23)18(17)15-21(20)28-7-2/h13-15,19H,6-12H2,1-5H3. The van der Waals surface area contributed by atoms with Crippen molar-refractivity contribution in [1.82, 2.24) is 4.90 Å². The average molecular weight is 412 g/mol. The van der Waals surface area contributed by atoms with Crippen LogP contribution in [-0.4, -0.2) is 44.9 Å². The summed E-state index contributed by atoms with van der Waals surface area (Å²) in [5.41, 5.74) is 6.37. The number of rotatable bonds is 8. The summed E-state index contributed by atoms with van der Waals surface area (Å²) in [6.45, 7) is 11.5. The molecule has 0 radical (unpaired) electrons. The highest BCUT2D eigenvalue weighted by atomic mass is 16.5. The number of likely N-dealkylation sites (N-methyl/N-ethyl adjacent to an activating group) is 1. The van der Waals surface area contributed by atoms with E-state index in [1.165, 1.54) is 27.8 Å². The smallest absolute Gasteiger partial charge is 0.169 e. The van der Waals surface area contributed by atoms with Gasteiger partial charge in [0.2, 0.25) is 0 Å². The van der Waals surface area contributed by atoms with Crippen LogP contribution in [0, 0.1) is 0 Å². The van der Waals surface area contributed by atoms with Crippen molar-refractivity contribution < 1.29 is 18.9 Å². The van der Waals surface area contributed by atoms with Gasteiger partial charge >= 0.3 is 0 Å². The second-order valence-electron chi connectivity index (χ2n) is 7.79. The first-order valence-electron chi connectivity index (χ1n) is 11.2. The first kappa shape index (κ1) is 20.9. The van der Waals surface area contributed by atoms with Gasteiger partial charge in [-0.25, -0.2) is 0 Å². The van der Waals surface area contributed by atoms with Crippen molar-refractivity contribution >= 4 is 0 Å². The number of hydrogen-bond donors (Lipinski definition) is 0. The predicted molar refractivity (Wildman–Crippen MR) is 119 cm³/mol. The fraction of sp³-hybridized carbons (Fsp3) is 0.520. The fourth-order valence-corrected chi connectivity index (χ4v) is 4.79. The van der Waals surface area contributed by atoms with E-state index in [-0.39, 0.29) is 0 Å². The Bertz CT molecular complexity index is 924. The molecule has 1 aliphatic heterocycles. The first-order valence-corrected chi connectivity index (χ1v) is 11.2. The molecule has 0 spiro atoms. The molecule has 2 aromatic carbocycles. The second-order valence-corrected chi connectivity index (χ2v) is 7.79. The number of fused-ring (bicyclic) bond motifs is 2. The Morgan fingerprint density at radius 3 is 2.07 bits per heavy atom. The van der Waals surface area contributed by atoms with E-state index in [1.54, 1.807) is 0 Å². The summed E-state index contributed by atoms with van der Waals surface area (Å²) in [5.74, 6) is 3.31. The number of nitrogens with zero attached hydrogens (tertiary/aromatic N) is 1. The van der Waals surface area contributed by atoms with Crippen LogP contribution >= 0.6 is 0 Å². The minimum absolute atomic E-state index is 0.332. The molecule has 0 fully saturated rings. The zero-order valence-corrected chi connectivity index (χ0v) is 18.8. The van der Waals surface area contributed by atoms with Crippen molar-refractivity contribution in [3.8, 4) is 34.1 Å². The molecule has 0 amide bonds. The molecule has 1 atom stereocenters. The van der Waals surface area contributed by atoms with Crippen LogP contribution < -0.4 is 18.9 Å². The van der Waals surface area contributed by atoms with Gasteiger partial charge in [0.05, 0.1) is 26.4 Å². The molecule has 4 rings (SSSR count). The Labute approximate surface area is 179 Å². The van der Waals surface area contributed by atoms with Crippen LogP contribution in [0.2, 0.25) is 0 Å². The van der Waals surface area contributed by atoms with E-state index in [4.69, 9.17) is 18.9 Å². The summed E-state index contributed by atoms with van der Waals surface area (Å²) < 4.78 is 24.1. The summed E-state index contributed by atoms with van der Waals surface area (Å²) >= 11 is 0. The minimum atomic E-state index is 0.332. The van der Waals surface area contributed by atoms with Crippen LogP contribution in [0.25, 0.3) is 11.1 Å². The van der Waals surface area contributed by atoms with Gasteiger partial charge in [-0.3, -0.25) is 4.90 Å². The van der Waals surface area contributed by atoms with E-state index < -0.39 is 0 Å². The summed E-state index contributed by atoms with van der Waals surface area (Å²) in [5, 5.41) is 0. The summed E-state index contributed by atoms with van der Waals surface area (Å²) in [4.78, 5) is 2.46. The van der Waals surface area contributed by atoms with Crippen LogP contribution in [0.1, 0.15) is 50.4 Å². The highest BCUT2D eigenvalue weighted by Crippen LogP contribution is 2.54. The van der Waals surface area contributed by atoms with Gasteiger partial charge in [0.15, 0.2) is 23.0 Å². The number of hydrogen-bond acceptors (Lipinski definition) is 5. The van der Waals surface area contributed by atoms with Crippen LogP contribution in [0.5, 0.6) is 23.0 Å². The maximum Gasteiger partial charge on any atom is 0.169 e. The largest absolute Gasteiger partial charge is 0.490 e.